The van der Waals surface area contributed by atoms with Crippen molar-refractivity contribution in [2.75, 3.05) is 6.54 Å². The van der Waals surface area contributed by atoms with Crippen LogP contribution in [0.4, 0.5) is 5.69 Å². The maximum atomic E-state index is 12.5. The number of halogens is 1. The van der Waals surface area contributed by atoms with E-state index in [9.17, 15) is 14.9 Å². The first-order valence-corrected chi connectivity index (χ1v) is 8.39. The summed E-state index contributed by atoms with van der Waals surface area (Å²) in [5.74, 6) is 0.154. The summed E-state index contributed by atoms with van der Waals surface area (Å²) in [6.45, 7) is 0.576. The number of rotatable bonds is 5. The second kappa shape index (κ2) is 8.77. The van der Waals surface area contributed by atoms with Gasteiger partial charge in [0.25, 0.3) is 11.6 Å². The molecular formula is C17H22ClN5O3. The highest BCUT2D eigenvalue weighted by molar-refractivity contribution is 5.94. The number of amides is 1. The summed E-state index contributed by atoms with van der Waals surface area (Å²) < 4.78 is 1.53. The summed E-state index contributed by atoms with van der Waals surface area (Å²) in [4.78, 5) is 22.7. The number of nitrogens with zero attached hydrogens (tertiary/aromatic N) is 3. The summed E-state index contributed by atoms with van der Waals surface area (Å²) in [6.07, 6.45) is 7.37. The molecule has 0 saturated heterocycles. The quantitative estimate of drug-likeness (QED) is 0.611. The fourth-order valence-corrected chi connectivity index (χ4v) is 3.24. The SMILES string of the molecule is Cl.NCC1CCCCC1NC(=O)c1cnn(-c2ccc([N+](=O)[O-])cc2)c1. The minimum atomic E-state index is -0.455. The molecule has 1 amide bonds. The fourth-order valence-electron chi connectivity index (χ4n) is 3.24. The Labute approximate surface area is 157 Å². The van der Waals surface area contributed by atoms with E-state index in [2.05, 4.69) is 10.4 Å². The molecule has 1 fully saturated rings. The lowest BCUT2D eigenvalue weighted by Crippen LogP contribution is -2.44. The molecule has 0 spiro atoms. The van der Waals surface area contributed by atoms with E-state index in [1.54, 1.807) is 18.3 Å². The van der Waals surface area contributed by atoms with Gasteiger partial charge in [-0.25, -0.2) is 4.68 Å². The van der Waals surface area contributed by atoms with Gasteiger partial charge in [0, 0.05) is 24.4 Å². The second-order valence-corrected chi connectivity index (χ2v) is 6.31. The van der Waals surface area contributed by atoms with E-state index < -0.39 is 4.92 Å². The summed E-state index contributed by atoms with van der Waals surface area (Å²) in [5, 5.41) is 17.9. The van der Waals surface area contributed by atoms with Crippen LogP contribution < -0.4 is 11.1 Å². The minimum Gasteiger partial charge on any atom is -0.349 e. The molecule has 2 aromatic rings. The van der Waals surface area contributed by atoms with Crippen LogP contribution in [0, 0.1) is 16.0 Å². The summed E-state index contributed by atoms with van der Waals surface area (Å²) >= 11 is 0. The Hall–Kier alpha value is -2.45. The standard InChI is InChI=1S/C17H21N5O3.ClH/c18-9-12-3-1-2-4-16(12)20-17(23)13-10-19-21(11-13)14-5-7-15(8-6-14)22(24)25;/h5-8,10-12,16H,1-4,9,18H2,(H,20,23);1H. The molecule has 1 aliphatic carbocycles. The Bertz CT molecular complexity index is 762. The summed E-state index contributed by atoms with van der Waals surface area (Å²) in [6, 6.07) is 6.11. The number of carbonyl (C=O) groups excluding carboxylic acids is 1. The average Bonchev–Trinajstić information content (AvgIpc) is 3.12. The molecule has 140 valence electrons. The molecule has 9 heteroatoms. The van der Waals surface area contributed by atoms with Gasteiger partial charge in [-0.3, -0.25) is 14.9 Å². The molecule has 26 heavy (non-hydrogen) atoms. The Kier molecular flexibility index (Phi) is 6.70. The molecule has 8 nitrogen and oxygen atoms in total. The number of nitro groups is 1. The molecule has 2 atom stereocenters. The molecule has 2 unspecified atom stereocenters. The van der Waals surface area contributed by atoms with Crippen LogP contribution in [0.15, 0.2) is 36.7 Å². The third-order valence-corrected chi connectivity index (χ3v) is 4.70. The largest absolute Gasteiger partial charge is 0.349 e. The number of non-ortho nitro benzene ring substituents is 1. The summed E-state index contributed by atoms with van der Waals surface area (Å²) in [5.41, 5.74) is 6.93. The lowest BCUT2D eigenvalue weighted by Gasteiger charge is -2.31. The predicted molar refractivity (Wildman–Crippen MR) is 99.7 cm³/mol. The Morgan fingerprint density at radius 1 is 1.31 bits per heavy atom. The number of carbonyl (C=O) groups is 1. The first-order valence-electron chi connectivity index (χ1n) is 8.39. The Morgan fingerprint density at radius 3 is 2.65 bits per heavy atom. The van der Waals surface area contributed by atoms with E-state index in [0.29, 0.717) is 23.7 Å². The number of benzene rings is 1. The number of hydrogen-bond acceptors (Lipinski definition) is 5. The third kappa shape index (κ3) is 4.39. The number of nitrogens with two attached hydrogens (primary N) is 1. The average molecular weight is 380 g/mol. The molecule has 0 radical (unpaired) electrons. The molecule has 1 heterocycles. The van der Waals surface area contributed by atoms with Gasteiger partial charge < -0.3 is 11.1 Å². The van der Waals surface area contributed by atoms with E-state index >= 15 is 0 Å². The van der Waals surface area contributed by atoms with Crippen molar-refractivity contribution < 1.29 is 9.72 Å². The van der Waals surface area contributed by atoms with Crippen molar-refractivity contribution in [3.8, 4) is 5.69 Å². The molecule has 3 N–H and O–H groups in total. The molecule has 0 aliphatic heterocycles. The van der Waals surface area contributed by atoms with Crippen LogP contribution in [0.2, 0.25) is 0 Å². The van der Waals surface area contributed by atoms with Crippen molar-refractivity contribution in [2.24, 2.45) is 11.7 Å². The summed E-state index contributed by atoms with van der Waals surface area (Å²) in [7, 11) is 0. The van der Waals surface area contributed by atoms with Gasteiger partial charge in [0.2, 0.25) is 0 Å². The highest BCUT2D eigenvalue weighted by Gasteiger charge is 2.26. The number of nitrogens with one attached hydrogen (secondary N) is 1. The molecule has 3 rings (SSSR count). The second-order valence-electron chi connectivity index (χ2n) is 6.31. The topological polar surface area (TPSA) is 116 Å². The van der Waals surface area contributed by atoms with E-state index in [0.717, 1.165) is 25.7 Å². The minimum absolute atomic E-state index is 0. The first kappa shape index (κ1) is 19.9. The van der Waals surface area contributed by atoms with E-state index in [4.69, 9.17) is 5.73 Å². The zero-order valence-electron chi connectivity index (χ0n) is 14.2. The maximum Gasteiger partial charge on any atom is 0.269 e. The first-order chi connectivity index (χ1) is 12.1. The lowest BCUT2D eigenvalue weighted by molar-refractivity contribution is -0.384. The van der Waals surface area contributed by atoms with Crippen molar-refractivity contribution in [2.45, 2.75) is 31.7 Å². The van der Waals surface area contributed by atoms with Gasteiger partial charge in [0.15, 0.2) is 0 Å². The number of nitro benzene ring substituents is 1. The van der Waals surface area contributed by atoms with Crippen LogP contribution in [0.1, 0.15) is 36.0 Å². The highest BCUT2D eigenvalue weighted by Crippen LogP contribution is 2.24. The van der Waals surface area contributed by atoms with Gasteiger partial charge in [-0.05, 0) is 37.4 Å². The van der Waals surface area contributed by atoms with Gasteiger partial charge in [-0.1, -0.05) is 12.8 Å². The van der Waals surface area contributed by atoms with Crippen LogP contribution in [0.25, 0.3) is 5.69 Å². The van der Waals surface area contributed by atoms with E-state index in [-0.39, 0.29) is 30.0 Å². The Morgan fingerprint density at radius 2 is 2.00 bits per heavy atom. The van der Waals surface area contributed by atoms with Crippen molar-refractivity contribution in [3.05, 3.63) is 52.3 Å². The van der Waals surface area contributed by atoms with Crippen molar-refractivity contribution >= 4 is 24.0 Å². The molecule has 1 saturated carbocycles. The highest BCUT2D eigenvalue weighted by atomic mass is 35.5. The monoisotopic (exact) mass is 379 g/mol. The van der Waals surface area contributed by atoms with Crippen LogP contribution in [0.3, 0.4) is 0 Å². The Balaban J connectivity index is 0.00000243. The van der Waals surface area contributed by atoms with E-state index in [1.165, 1.54) is 23.0 Å². The molecule has 1 aliphatic rings. The molecule has 1 aromatic carbocycles. The maximum absolute atomic E-state index is 12.5. The fraction of sp³-hybridized carbons (Fsp3) is 0.412. The molecule has 1 aromatic heterocycles. The zero-order valence-corrected chi connectivity index (χ0v) is 15.0. The zero-order chi connectivity index (χ0) is 17.8. The van der Waals surface area contributed by atoms with Crippen LogP contribution in [-0.2, 0) is 0 Å². The van der Waals surface area contributed by atoms with Crippen LogP contribution in [0.5, 0.6) is 0 Å². The van der Waals surface area contributed by atoms with Crippen molar-refractivity contribution in [1.82, 2.24) is 15.1 Å². The lowest BCUT2D eigenvalue weighted by atomic mass is 9.84. The number of aromatic nitrogens is 2. The van der Waals surface area contributed by atoms with Gasteiger partial charge in [0.1, 0.15) is 0 Å². The molecule has 0 bridgehead atoms. The third-order valence-electron chi connectivity index (χ3n) is 4.70. The normalized spacial score (nSPS) is 19.4. The van der Waals surface area contributed by atoms with Gasteiger partial charge in [-0.15, -0.1) is 12.4 Å². The van der Waals surface area contributed by atoms with Crippen LogP contribution >= 0.6 is 12.4 Å². The smallest absolute Gasteiger partial charge is 0.269 e. The van der Waals surface area contributed by atoms with Gasteiger partial charge >= 0.3 is 0 Å². The van der Waals surface area contributed by atoms with Crippen LogP contribution in [-0.4, -0.2) is 33.2 Å². The number of hydrogen-bond donors (Lipinski definition) is 2. The molecular weight excluding hydrogens is 358 g/mol. The van der Waals surface area contributed by atoms with Gasteiger partial charge in [-0.2, -0.15) is 5.10 Å². The van der Waals surface area contributed by atoms with Crippen molar-refractivity contribution in [3.63, 3.8) is 0 Å². The van der Waals surface area contributed by atoms with Gasteiger partial charge in [0.05, 0.1) is 22.4 Å². The predicted octanol–water partition coefficient (Wildman–Crippen LogP) is 2.45. The van der Waals surface area contributed by atoms with E-state index in [1.807, 2.05) is 0 Å². The van der Waals surface area contributed by atoms with Crippen molar-refractivity contribution in [1.29, 1.82) is 0 Å².